The number of anilines is 1. The summed E-state index contributed by atoms with van der Waals surface area (Å²) in [6, 6.07) is 5.81. The fourth-order valence-electron chi connectivity index (χ4n) is 1.88. The number of non-ortho nitro benzene ring substituents is 1. The molecule has 0 radical (unpaired) electrons. The van der Waals surface area contributed by atoms with Crippen LogP contribution < -0.4 is 4.90 Å². The second-order valence-corrected chi connectivity index (χ2v) is 5.03. The lowest BCUT2D eigenvalue weighted by Gasteiger charge is -2.20. The molecule has 0 aliphatic carbocycles. The van der Waals surface area contributed by atoms with Gasteiger partial charge in [0.2, 0.25) is 0 Å². The highest BCUT2D eigenvalue weighted by atomic mass is 32.1. The van der Waals surface area contributed by atoms with Gasteiger partial charge in [-0.05, 0) is 28.5 Å². The van der Waals surface area contributed by atoms with Crippen molar-refractivity contribution in [2.45, 2.75) is 6.54 Å². The third kappa shape index (κ3) is 2.94. The topological polar surface area (TPSA) is 83.7 Å². The zero-order valence-corrected chi connectivity index (χ0v) is 11.5. The lowest BCUT2D eigenvalue weighted by molar-refractivity contribution is -0.384. The number of carboxylic acid groups (broad SMARTS) is 1. The number of aromatic carboxylic acids is 1. The number of hydrogen-bond acceptors (Lipinski definition) is 5. The third-order valence-corrected chi connectivity index (χ3v) is 3.56. The number of thiophene rings is 1. The Morgan fingerprint density at radius 3 is 2.75 bits per heavy atom. The van der Waals surface area contributed by atoms with E-state index in [1.54, 1.807) is 23.3 Å². The molecule has 1 aromatic heterocycles. The van der Waals surface area contributed by atoms with E-state index in [0.717, 1.165) is 11.6 Å². The lowest BCUT2D eigenvalue weighted by atomic mass is 10.1. The van der Waals surface area contributed by atoms with E-state index in [-0.39, 0.29) is 11.3 Å². The Morgan fingerprint density at radius 2 is 2.20 bits per heavy atom. The van der Waals surface area contributed by atoms with E-state index in [1.807, 2.05) is 16.8 Å². The molecule has 0 bridgehead atoms. The Morgan fingerprint density at radius 1 is 1.45 bits per heavy atom. The summed E-state index contributed by atoms with van der Waals surface area (Å²) in [5, 5.41) is 23.8. The van der Waals surface area contributed by atoms with Crippen LogP contribution in [-0.2, 0) is 6.54 Å². The molecule has 1 N–H and O–H groups in total. The van der Waals surface area contributed by atoms with Crippen LogP contribution in [0.2, 0.25) is 0 Å². The van der Waals surface area contributed by atoms with Crippen LogP contribution in [0.1, 0.15) is 15.9 Å². The molecule has 20 heavy (non-hydrogen) atoms. The summed E-state index contributed by atoms with van der Waals surface area (Å²) in [6.45, 7) is 0.543. The average Bonchev–Trinajstić information content (AvgIpc) is 2.90. The highest BCUT2D eigenvalue weighted by Gasteiger charge is 2.18. The number of carbonyl (C=O) groups is 1. The van der Waals surface area contributed by atoms with Crippen LogP contribution in [0.5, 0.6) is 0 Å². The molecule has 0 fully saturated rings. The van der Waals surface area contributed by atoms with Gasteiger partial charge < -0.3 is 10.0 Å². The molecule has 0 atom stereocenters. The maximum Gasteiger partial charge on any atom is 0.338 e. The largest absolute Gasteiger partial charge is 0.478 e. The van der Waals surface area contributed by atoms with Crippen molar-refractivity contribution in [3.63, 3.8) is 0 Å². The maximum absolute atomic E-state index is 11.3. The molecule has 0 aliphatic rings. The fourth-order valence-corrected chi connectivity index (χ4v) is 2.54. The summed E-state index contributed by atoms with van der Waals surface area (Å²) in [5.41, 5.74) is 1.22. The smallest absolute Gasteiger partial charge is 0.338 e. The highest BCUT2D eigenvalue weighted by Crippen LogP contribution is 2.26. The van der Waals surface area contributed by atoms with E-state index < -0.39 is 10.9 Å². The molecular formula is C13H12N2O4S. The molecular weight excluding hydrogens is 280 g/mol. The Hall–Kier alpha value is -2.41. The Kier molecular flexibility index (Phi) is 3.99. The van der Waals surface area contributed by atoms with Crippen LogP contribution >= 0.6 is 11.3 Å². The van der Waals surface area contributed by atoms with Crippen LogP contribution in [0.3, 0.4) is 0 Å². The van der Waals surface area contributed by atoms with Crippen molar-refractivity contribution in [3.8, 4) is 0 Å². The van der Waals surface area contributed by atoms with Gasteiger partial charge in [-0.3, -0.25) is 10.1 Å². The molecule has 6 nitrogen and oxygen atoms in total. The second-order valence-electron chi connectivity index (χ2n) is 4.25. The van der Waals surface area contributed by atoms with Gasteiger partial charge in [0.05, 0.1) is 16.2 Å². The van der Waals surface area contributed by atoms with Crippen molar-refractivity contribution in [1.29, 1.82) is 0 Å². The zero-order valence-electron chi connectivity index (χ0n) is 10.6. The van der Waals surface area contributed by atoms with Gasteiger partial charge >= 0.3 is 5.97 Å². The zero-order chi connectivity index (χ0) is 14.7. The number of nitro groups is 1. The summed E-state index contributed by atoms with van der Waals surface area (Å²) in [6.07, 6.45) is 0. The highest BCUT2D eigenvalue weighted by molar-refractivity contribution is 7.07. The summed E-state index contributed by atoms with van der Waals surface area (Å²) in [5.74, 6) is -1.18. The van der Waals surface area contributed by atoms with Gasteiger partial charge in [0.1, 0.15) is 0 Å². The first-order valence-corrected chi connectivity index (χ1v) is 6.67. The summed E-state index contributed by atoms with van der Waals surface area (Å²) < 4.78 is 0. The lowest BCUT2D eigenvalue weighted by Crippen LogP contribution is -2.19. The van der Waals surface area contributed by atoms with Crippen LogP contribution in [0.4, 0.5) is 11.4 Å². The van der Waals surface area contributed by atoms with Gasteiger partial charge in [0.15, 0.2) is 0 Å². The predicted octanol–water partition coefficient (Wildman–Crippen LogP) is 2.99. The van der Waals surface area contributed by atoms with E-state index in [4.69, 9.17) is 0 Å². The molecule has 1 heterocycles. The standard InChI is InChI=1S/C13H12N2O4S/c1-14(7-9-4-5-20-8-9)12-3-2-10(15(18)19)6-11(12)13(16)17/h2-6,8H,7H2,1H3,(H,16,17). The number of benzene rings is 1. The monoisotopic (exact) mass is 292 g/mol. The molecule has 0 saturated heterocycles. The number of rotatable bonds is 5. The second kappa shape index (κ2) is 5.70. The van der Waals surface area contributed by atoms with E-state index in [2.05, 4.69) is 0 Å². The molecule has 0 spiro atoms. The first kappa shape index (κ1) is 14.0. The van der Waals surface area contributed by atoms with Crippen molar-refractivity contribution in [1.82, 2.24) is 0 Å². The van der Waals surface area contributed by atoms with Crippen molar-refractivity contribution in [3.05, 3.63) is 56.3 Å². The van der Waals surface area contributed by atoms with E-state index in [0.29, 0.717) is 12.2 Å². The quantitative estimate of drug-likeness (QED) is 0.676. The SMILES string of the molecule is CN(Cc1ccsc1)c1ccc([N+](=O)[O-])cc1C(=O)O. The molecule has 0 saturated carbocycles. The molecule has 0 unspecified atom stereocenters. The molecule has 2 aromatic rings. The minimum Gasteiger partial charge on any atom is -0.478 e. The molecule has 1 aromatic carbocycles. The van der Waals surface area contributed by atoms with Gasteiger partial charge in [-0.1, -0.05) is 0 Å². The van der Waals surface area contributed by atoms with Crippen molar-refractivity contribution in [2.75, 3.05) is 11.9 Å². The summed E-state index contributed by atoms with van der Waals surface area (Å²) in [4.78, 5) is 23.1. The first-order chi connectivity index (χ1) is 9.49. The van der Waals surface area contributed by atoms with Gasteiger partial charge in [0.25, 0.3) is 5.69 Å². The molecule has 104 valence electrons. The van der Waals surface area contributed by atoms with Gasteiger partial charge in [-0.2, -0.15) is 11.3 Å². The molecule has 2 rings (SSSR count). The van der Waals surface area contributed by atoms with Crippen molar-refractivity contribution < 1.29 is 14.8 Å². The van der Waals surface area contributed by atoms with Gasteiger partial charge in [-0.25, -0.2) is 4.79 Å². The number of hydrogen-bond donors (Lipinski definition) is 1. The average molecular weight is 292 g/mol. The first-order valence-electron chi connectivity index (χ1n) is 5.73. The number of nitrogens with zero attached hydrogens (tertiary/aromatic N) is 2. The number of nitro benzene ring substituents is 1. The Labute approximate surface area is 119 Å². The minimum absolute atomic E-state index is 0.0723. The molecule has 7 heteroatoms. The van der Waals surface area contributed by atoms with Crippen molar-refractivity contribution >= 4 is 28.7 Å². The summed E-state index contributed by atoms with van der Waals surface area (Å²) in [7, 11) is 1.76. The Balaban J connectivity index is 2.35. The Bertz CT molecular complexity index is 640. The minimum atomic E-state index is -1.18. The normalized spacial score (nSPS) is 10.2. The molecule has 0 amide bonds. The van der Waals surface area contributed by atoms with E-state index in [9.17, 15) is 20.0 Å². The van der Waals surface area contributed by atoms with Crippen LogP contribution in [0.15, 0.2) is 35.0 Å². The van der Waals surface area contributed by atoms with E-state index >= 15 is 0 Å². The van der Waals surface area contributed by atoms with Gasteiger partial charge in [-0.15, -0.1) is 0 Å². The third-order valence-electron chi connectivity index (χ3n) is 2.83. The van der Waals surface area contributed by atoms with E-state index in [1.165, 1.54) is 12.1 Å². The van der Waals surface area contributed by atoms with Crippen LogP contribution in [-0.4, -0.2) is 23.0 Å². The van der Waals surface area contributed by atoms with Crippen LogP contribution in [0, 0.1) is 10.1 Å². The predicted molar refractivity (Wildman–Crippen MR) is 76.5 cm³/mol. The maximum atomic E-state index is 11.3. The molecule has 0 aliphatic heterocycles. The van der Waals surface area contributed by atoms with Gasteiger partial charge in [0, 0.05) is 25.7 Å². The summed E-state index contributed by atoms with van der Waals surface area (Å²) >= 11 is 1.56. The fraction of sp³-hybridized carbons (Fsp3) is 0.154. The number of carboxylic acids is 1. The van der Waals surface area contributed by atoms with Crippen molar-refractivity contribution in [2.24, 2.45) is 0 Å². The van der Waals surface area contributed by atoms with Crippen LogP contribution in [0.25, 0.3) is 0 Å².